The topological polar surface area (TPSA) is 73.8 Å². The standard InChI is InChI=1S/C33H36Cl2N6O2/c1-21-16-22(2)31(23(3)17-21)43-33(42)41(20-25-18-26(34)6-11-29(25)35)30-12-13-36-32(38-30)37-27-7-9-28(10-8-27)40-15-14-39(5)24(4)19-40/h6-13,16-18,24H,14-15,19-20H2,1-5H3,(H,36,37,38). The first-order chi connectivity index (χ1) is 20.6. The molecule has 1 aromatic heterocycles. The van der Waals surface area contributed by atoms with E-state index in [-0.39, 0.29) is 6.54 Å². The van der Waals surface area contributed by atoms with Gasteiger partial charge in [0.15, 0.2) is 0 Å². The highest BCUT2D eigenvalue weighted by Crippen LogP contribution is 2.29. The van der Waals surface area contributed by atoms with Gasteiger partial charge in [-0.2, -0.15) is 4.98 Å². The minimum Gasteiger partial charge on any atom is -0.409 e. The van der Waals surface area contributed by atoms with E-state index in [1.807, 2.05) is 45.0 Å². The number of likely N-dealkylation sites (N-methyl/N-ethyl adjacent to an activating group) is 1. The van der Waals surface area contributed by atoms with Crippen LogP contribution in [0.15, 0.2) is 66.9 Å². The lowest BCUT2D eigenvalue weighted by Crippen LogP contribution is -2.50. The average Bonchev–Trinajstić information content (AvgIpc) is 2.97. The minimum atomic E-state index is -0.596. The van der Waals surface area contributed by atoms with Crippen molar-refractivity contribution in [2.45, 2.75) is 40.3 Å². The Balaban J connectivity index is 1.39. The van der Waals surface area contributed by atoms with Gasteiger partial charge >= 0.3 is 6.09 Å². The van der Waals surface area contributed by atoms with E-state index in [0.717, 1.165) is 42.0 Å². The molecule has 1 amide bonds. The second kappa shape index (κ2) is 13.2. The number of piperazine rings is 1. The van der Waals surface area contributed by atoms with E-state index in [2.05, 4.69) is 51.2 Å². The minimum absolute atomic E-state index is 0.0940. The predicted octanol–water partition coefficient (Wildman–Crippen LogP) is 7.80. The van der Waals surface area contributed by atoms with Crippen LogP contribution in [0.2, 0.25) is 10.0 Å². The van der Waals surface area contributed by atoms with Crippen LogP contribution in [0, 0.1) is 20.8 Å². The second-order valence-corrected chi connectivity index (χ2v) is 11.9. The highest BCUT2D eigenvalue weighted by Gasteiger charge is 2.24. The van der Waals surface area contributed by atoms with Crippen LogP contribution in [-0.2, 0) is 6.54 Å². The van der Waals surface area contributed by atoms with Gasteiger partial charge in [-0.1, -0.05) is 40.9 Å². The highest BCUT2D eigenvalue weighted by atomic mass is 35.5. The summed E-state index contributed by atoms with van der Waals surface area (Å²) in [6.07, 6.45) is 1.01. The van der Waals surface area contributed by atoms with Gasteiger partial charge in [0.2, 0.25) is 5.95 Å². The van der Waals surface area contributed by atoms with Gasteiger partial charge in [-0.25, -0.2) is 9.78 Å². The van der Waals surface area contributed by atoms with E-state index in [1.165, 1.54) is 10.6 Å². The molecular weight excluding hydrogens is 583 g/mol. The zero-order chi connectivity index (χ0) is 30.7. The monoisotopic (exact) mass is 618 g/mol. The molecule has 0 saturated carbocycles. The molecule has 0 spiro atoms. The maximum absolute atomic E-state index is 13.7. The van der Waals surface area contributed by atoms with Gasteiger partial charge in [0, 0.05) is 53.3 Å². The summed E-state index contributed by atoms with van der Waals surface area (Å²) in [5, 5.41) is 4.26. The molecule has 1 N–H and O–H groups in total. The number of hydrogen-bond donors (Lipinski definition) is 1. The Bertz CT molecular complexity index is 1590. The zero-order valence-corrected chi connectivity index (χ0v) is 26.6. The molecule has 1 aliphatic rings. The number of aryl methyl sites for hydroxylation is 3. The number of nitrogens with zero attached hydrogens (tertiary/aromatic N) is 5. The maximum atomic E-state index is 13.7. The van der Waals surface area contributed by atoms with E-state index < -0.39 is 6.09 Å². The number of rotatable bonds is 7. The summed E-state index contributed by atoms with van der Waals surface area (Å²) in [6.45, 7) is 11.2. The summed E-state index contributed by atoms with van der Waals surface area (Å²) in [6, 6.07) is 19.5. The van der Waals surface area contributed by atoms with Crippen molar-refractivity contribution in [3.63, 3.8) is 0 Å². The number of amides is 1. The first-order valence-corrected chi connectivity index (χ1v) is 15.0. The molecule has 0 radical (unpaired) electrons. The van der Waals surface area contributed by atoms with Crippen LogP contribution in [0.5, 0.6) is 5.75 Å². The van der Waals surface area contributed by atoms with E-state index in [0.29, 0.717) is 39.2 Å². The Labute approximate surface area is 263 Å². The molecule has 3 aromatic carbocycles. The molecule has 10 heteroatoms. The van der Waals surface area contributed by atoms with Gasteiger partial charge in [0.05, 0.1) is 6.54 Å². The van der Waals surface area contributed by atoms with Gasteiger partial charge in [0.1, 0.15) is 11.6 Å². The van der Waals surface area contributed by atoms with Crippen LogP contribution in [-0.4, -0.2) is 53.7 Å². The van der Waals surface area contributed by atoms with E-state index in [4.69, 9.17) is 27.9 Å². The Morgan fingerprint density at radius 2 is 1.74 bits per heavy atom. The number of carbonyl (C=O) groups excluding carboxylic acids is 1. The van der Waals surface area contributed by atoms with Crippen LogP contribution in [0.1, 0.15) is 29.2 Å². The molecule has 0 bridgehead atoms. The molecule has 1 atom stereocenters. The zero-order valence-electron chi connectivity index (χ0n) is 25.1. The molecule has 5 rings (SSSR count). The van der Waals surface area contributed by atoms with Crippen molar-refractivity contribution in [2.75, 3.05) is 41.8 Å². The fraction of sp³-hybridized carbons (Fsp3) is 0.303. The van der Waals surface area contributed by atoms with Crippen molar-refractivity contribution < 1.29 is 9.53 Å². The first kappa shape index (κ1) is 30.6. The largest absolute Gasteiger partial charge is 0.421 e. The lowest BCUT2D eigenvalue weighted by Gasteiger charge is -2.39. The highest BCUT2D eigenvalue weighted by molar-refractivity contribution is 6.33. The number of carbonyl (C=O) groups is 1. The Hall–Kier alpha value is -3.85. The molecule has 224 valence electrons. The molecule has 1 fully saturated rings. The molecule has 1 unspecified atom stereocenters. The summed E-state index contributed by atoms with van der Waals surface area (Å²) < 4.78 is 5.96. The second-order valence-electron chi connectivity index (χ2n) is 11.1. The SMILES string of the molecule is Cc1cc(C)c(OC(=O)N(Cc2cc(Cl)ccc2Cl)c2ccnc(Nc3ccc(N4CCN(C)C(C)C4)cc3)n2)c(C)c1. The number of nitrogens with one attached hydrogen (secondary N) is 1. The van der Waals surface area contributed by atoms with Crippen molar-refractivity contribution in [3.05, 3.63) is 99.2 Å². The number of halogens is 2. The van der Waals surface area contributed by atoms with Gasteiger partial charge in [0.25, 0.3) is 0 Å². The maximum Gasteiger partial charge on any atom is 0.421 e. The van der Waals surface area contributed by atoms with Crippen LogP contribution in [0.4, 0.5) is 27.9 Å². The number of aromatic nitrogens is 2. The summed E-state index contributed by atoms with van der Waals surface area (Å²) in [5.41, 5.74) is 5.49. The molecule has 43 heavy (non-hydrogen) atoms. The third-order valence-corrected chi connectivity index (χ3v) is 8.32. The lowest BCUT2D eigenvalue weighted by atomic mass is 10.1. The fourth-order valence-electron chi connectivity index (χ4n) is 5.27. The quantitative estimate of drug-likeness (QED) is 0.226. The predicted molar refractivity (Wildman–Crippen MR) is 175 cm³/mol. The molecule has 8 nitrogen and oxygen atoms in total. The molecule has 1 saturated heterocycles. The van der Waals surface area contributed by atoms with E-state index in [1.54, 1.807) is 30.5 Å². The normalized spacial score (nSPS) is 15.3. The molecule has 4 aromatic rings. The van der Waals surface area contributed by atoms with Crippen molar-refractivity contribution in [1.82, 2.24) is 14.9 Å². The van der Waals surface area contributed by atoms with Gasteiger partial charge in [-0.05, 0) is 100.0 Å². The van der Waals surface area contributed by atoms with Crippen molar-refractivity contribution in [1.29, 1.82) is 0 Å². The molecule has 0 aliphatic carbocycles. The number of benzene rings is 3. The van der Waals surface area contributed by atoms with Crippen molar-refractivity contribution in [2.24, 2.45) is 0 Å². The Morgan fingerprint density at radius 1 is 1.02 bits per heavy atom. The number of anilines is 4. The molecule has 1 aliphatic heterocycles. The van der Waals surface area contributed by atoms with Crippen LogP contribution in [0.3, 0.4) is 0 Å². The summed E-state index contributed by atoms with van der Waals surface area (Å²) in [5.74, 6) is 1.21. The van der Waals surface area contributed by atoms with Crippen LogP contribution < -0.4 is 19.9 Å². The van der Waals surface area contributed by atoms with Gasteiger partial charge in [-0.15, -0.1) is 0 Å². The van der Waals surface area contributed by atoms with Crippen LogP contribution >= 0.6 is 23.2 Å². The Kier molecular flexibility index (Phi) is 9.40. The lowest BCUT2D eigenvalue weighted by molar-refractivity contribution is 0.206. The Morgan fingerprint density at radius 3 is 2.44 bits per heavy atom. The van der Waals surface area contributed by atoms with Gasteiger partial charge < -0.3 is 19.9 Å². The summed E-state index contributed by atoms with van der Waals surface area (Å²) >= 11 is 12.8. The van der Waals surface area contributed by atoms with Crippen molar-refractivity contribution >= 4 is 52.4 Å². The molecule has 2 heterocycles. The van der Waals surface area contributed by atoms with E-state index in [9.17, 15) is 4.79 Å². The third-order valence-electron chi connectivity index (χ3n) is 7.72. The fourth-order valence-corrected chi connectivity index (χ4v) is 5.64. The van der Waals surface area contributed by atoms with E-state index >= 15 is 0 Å². The summed E-state index contributed by atoms with van der Waals surface area (Å²) in [7, 11) is 2.16. The average molecular weight is 620 g/mol. The van der Waals surface area contributed by atoms with Gasteiger partial charge in [-0.3, -0.25) is 4.90 Å². The van der Waals surface area contributed by atoms with Crippen LogP contribution in [0.25, 0.3) is 0 Å². The van der Waals surface area contributed by atoms with Crippen molar-refractivity contribution in [3.8, 4) is 5.75 Å². The first-order valence-electron chi connectivity index (χ1n) is 14.2. The molecular formula is C33H36Cl2N6O2. The summed E-state index contributed by atoms with van der Waals surface area (Å²) in [4.78, 5) is 29.0. The third kappa shape index (κ3) is 7.39. The number of hydrogen-bond acceptors (Lipinski definition) is 7. The number of ether oxygens (including phenoxy) is 1. The smallest absolute Gasteiger partial charge is 0.409 e.